The number of rotatable bonds is 4. The van der Waals surface area contributed by atoms with Gasteiger partial charge in [0.05, 0.1) is 7.11 Å². The van der Waals surface area contributed by atoms with Crippen molar-refractivity contribution in [3.63, 3.8) is 0 Å². The minimum absolute atomic E-state index is 0.0205. The van der Waals surface area contributed by atoms with Crippen LogP contribution in [0.4, 0.5) is 0 Å². The number of amidine groups is 1. The van der Waals surface area contributed by atoms with Crippen LogP contribution in [0.5, 0.6) is 17.4 Å². The summed E-state index contributed by atoms with van der Waals surface area (Å²) in [5.41, 5.74) is 5.97. The van der Waals surface area contributed by atoms with E-state index in [4.69, 9.17) is 20.6 Å². The summed E-state index contributed by atoms with van der Waals surface area (Å²) in [7, 11) is 1.59. The lowest BCUT2D eigenvalue weighted by molar-refractivity contribution is 0.407. The van der Waals surface area contributed by atoms with Crippen molar-refractivity contribution in [2.24, 2.45) is 5.73 Å². The maximum Gasteiger partial charge on any atom is 0.219 e. The van der Waals surface area contributed by atoms with Gasteiger partial charge in [-0.3, -0.25) is 5.41 Å². The van der Waals surface area contributed by atoms with Crippen molar-refractivity contribution in [1.29, 1.82) is 5.41 Å². The van der Waals surface area contributed by atoms with Gasteiger partial charge in [-0.2, -0.15) is 0 Å². The first kappa shape index (κ1) is 11.9. The van der Waals surface area contributed by atoms with Crippen molar-refractivity contribution < 1.29 is 9.47 Å². The number of methoxy groups -OCH3 is 1. The molecule has 0 fully saturated rings. The van der Waals surface area contributed by atoms with E-state index in [1.54, 1.807) is 37.6 Å². The van der Waals surface area contributed by atoms with E-state index < -0.39 is 0 Å². The molecule has 18 heavy (non-hydrogen) atoms. The smallest absolute Gasteiger partial charge is 0.219 e. The average Bonchev–Trinajstić information content (AvgIpc) is 2.39. The second-order valence-corrected chi connectivity index (χ2v) is 3.58. The Labute approximate surface area is 105 Å². The molecule has 0 aliphatic rings. The number of hydrogen-bond acceptors (Lipinski definition) is 4. The predicted octanol–water partition coefficient (Wildman–Crippen LogP) is 2.17. The summed E-state index contributed by atoms with van der Waals surface area (Å²) in [6.45, 7) is 0. The lowest BCUT2D eigenvalue weighted by Gasteiger charge is -2.07. The van der Waals surface area contributed by atoms with Crippen LogP contribution < -0.4 is 15.2 Å². The van der Waals surface area contributed by atoms with Crippen LogP contribution in [0.1, 0.15) is 5.56 Å². The fourth-order valence-electron chi connectivity index (χ4n) is 1.42. The summed E-state index contributed by atoms with van der Waals surface area (Å²) in [6.07, 6.45) is 1.55. The number of pyridine rings is 1. The summed E-state index contributed by atoms with van der Waals surface area (Å²) in [5, 5.41) is 7.35. The molecule has 0 atom stereocenters. The molecule has 1 aromatic carbocycles. The zero-order valence-electron chi connectivity index (χ0n) is 9.88. The third-order valence-corrected chi connectivity index (χ3v) is 2.31. The highest BCUT2D eigenvalue weighted by molar-refractivity contribution is 5.95. The van der Waals surface area contributed by atoms with E-state index in [1.807, 2.05) is 12.1 Å². The van der Waals surface area contributed by atoms with Gasteiger partial charge in [-0.15, -0.1) is 0 Å². The highest BCUT2D eigenvalue weighted by Gasteiger charge is 2.03. The van der Waals surface area contributed by atoms with Crippen molar-refractivity contribution in [2.45, 2.75) is 0 Å². The first-order chi connectivity index (χ1) is 8.69. The number of aromatic nitrogens is 1. The van der Waals surface area contributed by atoms with Crippen molar-refractivity contribution in [3.8, 4) is 17.4 Å². The molecule has 1 heterocycles. The molecule has 0 aliphatic carbocycles. The fourth-order valence-corrected chi connectivity index (χ4v) is 1.42. The minimum atomic E-state index is -0.0205. The van der Waals surface area contributed by atoms with E-state index in [0.29, 0.717) is 22.9 Å². The average molecular weight is 243 g/mol. The number of nitrogens with zero attached hydrogens (tertiary/aromatic N) is 1. The Hall–Kier alpha value is -2.56. The number of ether oxygens (including phenoxy) is 2. The van der Waals surface area contributed by atoms with Crippen LogP contribution >= 0.6 is 0 Å². The Balaban J connectivity index is 2.22. The molecule has 5 heteroatoms. The summed E-state index contributed by atoms with van der Waals surface area (Å²) in [6, 6.07) is 10.5. The number of nitrogens with two attached hydrogens (primary N) is 1. The lowest BCUT2D eigenvalue weighted by atomic mass is 10.2. The third-order valence-electron chi connectivity index (χ3n) is 2.31. The Kier molecular flexibility index (Phi) is 3.43. The molecule has 0 saturated carbocycles. The topological polar surface area (TPSA) is 81.2 Å². The molecule has 0 radical (unpaired) electrons. The first-order valence-corrected chi connectivity index (χ1v) is 5.31. The van der Waals surface area contributed by atoms with E-state index in [2.05, 4.69) is 4.98 Å². The molecule has 0 saturated heterocycles. The molecule has 2 aromatic rings. The van der Waals surface area contributed by atoms with E-state index in [1.165, 1.54) is 0 Å². The monoisotopic (exact) mass is 243 g/mol. The van der Waals surface area contributed by atoms with E-state index >= 15 is 0 Å². The summed E-state index contributed by atoms with van der Waals surface area (Å²) >= 11 is 0. The van der Waals surface area contributed by atoms with Gasteiger partial charge >= 0.3 is 0 Å². The van der Waals surface area contributed by atoms with Crippen LogP contribution in [0.3, 0.4) is 0 Å². The van der Waals surface area contributed by atoms with Gasteiger partial charge in [0.25, 0.3) is 0 Å². The molecule has 0 bridgehead atoms. The molecule has 0 unspecified atom stereocenters. The van der Waals surface area contributed by atoms with Crippen LogP contribution in [0.2, 0.25) is 0 Å². The zero-order valence-corrected chi connectivity index (χ0v) is 9.88. The number of hydrogen-bond donors (Lipinski definition) is 2. The molecule has 1 aromatic heterocycles. The minimum Gasteiger partial charge on any atom is -0.497 e. The lowest BCUT2D eigenvalue weighted by Crippen LogP contribution is -2.11. The van der Waals surface area contributed by atoms with Crippen LogP contribution in [-0.2, 0) is 0 Å². The summed E-state index contributed by atoms with van der Waals surface area (Å²) < 4.78 is 10.7. The maximum absolute atomic E-state index is 7.35. The highest BCUT2D eigenvalue weighted by Crippen LogP contribution is 2.24. The molecule has 0 spiro atoms. The van der Waals surface area contributed by atoms with Crippen molar-refractivity contribution in [3.05, 3.63) is 48.2 Å². The van der Waals surface area contributed by atoms with Crippen LogP contribution in [0, 0.1) is 5.41 Å². The Morgan fingerprint density at radius 1 is 1.22 bits per heavy atom. The number of nitrogen functional groups attached to an aromatic ring is 1. The third kappa shape index (κ3) is 2.76. The van der Waals surface area contributed by atoms with Gasteiger partial charge in [0.1, 0.15) is 17.3 Å². The van der Waals surface area contributed by atoms with Crippen molar-refractivity contribution in [2.75, 3.05) is 7.11 Å². The Morgan fingerprint density at radius 2 is 2.00 bits per heavy atom. The molecule has 2 rings (SSSR count). The quantitative estimate of drug-likeness (QED) is 0.637. The molecule has 92 valence electrons. The van der Waals surface area contributed by atoms with E-state index in [9.17, 15) is 0 Å². The van der Waals surface area contributed by atoms with Gasteiger partial charge in [0.15, 0.2) is 0 Å². The first-order valence-electron chi connectivity index (χ1n) is 5.31. The maximum atomic E-state index is 7.35. The molecule has 0 amide bonds. The fraction of sp³-hybridized carbons (Fsp3) is 0.0769. The summed E-state index contributed by atoms with van der Waals surface area (Å²) in [4.78, 5) is 4.06. The second-order valence-electron chi connectivity index (χ2n) is 3.58. The molecule has 0 aliphatic heterocycles. The van der Waals surface area contributed by atoms with Gasteiger partial charge in [0.2, 0.25) is 5.88 Å². The second kappa shape index (κ2) is 5.18. The molecular weight excluding hydrogens is 230 g/mol. The van der Waals surface area contributed by atoms with Crippen molar-refractivity contribution >= 4 is 5.84 Å². The Morgan fingerprint density at radius 3 is 2.72 bits per heavy atom. The van der Waals surface area contributed by atoms with E-state index in [-0.39, 0.29) is 5.84 Å². The van der Waals surface area contributed by atoms with Crippen LogP contribution in [-0.4, -0.2) is 17.9 Å². The molecule has 5 nitrogen and oxygen atoms in total. The van der Waals surface area contributed by atoms with Crippen LogP contribution in [0.15, 0.2) is 42.6 Å². The summed E-state index contributed by atoms with van der Waals surface area (Å²) in [5.74, 6) is 1.68. The van der Waals surface area contributed by atoms with E-state index in [0.717, 1.165) is 0 Å². The standard InChI is InChI=1S/C13H13N3O2/c1-17-10-3-2-4-11(8-10)18-12-7-9(13(14)15)5-6-16-12/h2-8H,1H3,(H3,14,15). The Bertz CT molecular complexity index is 570. The van der Waals surface area contributed by atoms with Crippen LogP contribution in [0.25, 0.3) is 0 Å². The van der Waals surface area contributed by atoms with Gasteiger partial charge in [0, 0.05) is 23.9 Å². The SMILES string of the molecule is COc1cccc(Oc2cc(C(=N)N)ccn2)c1. The normalized spacial score (nSPS) is 9.83. The van der Waals surface area contributed by atoms with Gasteiger partial charge in [-0.05, 0) is 18.2 Å². The number of nitrogens with one attached hydrogen (secondary N) is 1. The zero-order chi connectivity index (χ0) is 13.0. The predicted molar refractivity (Wildman–Crippen MR) is 68.3 cm³/mol. The molecule has 3 N–H and O–H groups in total. The number of benzene rings is 1. The molecular formula is C13H13N3O2. The van der Waals surface area contributed by atoms with Gasteiger partial charge in [-0.1, -0.05) is 6.07 Å². The van der Waals surface area contributed by atoms with Gasteiger partial charge < -0.3 is 15.2 Å². The highest BCUT2D eigenvalue weighted by atomic mass is 16.5. The van der Waals surface area contributed by atoms with Crippen molar-refractivity contribution in [1.82, 2.24) is 4.98 Å². The largest absolute Gasteiger partial charge is 0.497 e. The van der Waals surface area contributed by atoms with Gasteiger partial charge in [-0.25, -0.2) is 4.98 Å².